The van der Waals surface area contributed by atoms with Crippen LogP contribution in [0, 0.1) is 12.7 Å². The second-order valence-electron chi connectivity index (χ2n) is 7.13. The molecule has 0 saturated heterocycles. The van der Waals surface area contributed by atoms with E-state index >= 15 is 0 Å². The van der Waals surface area contributed by atoms with Crippen LogP contribution in [-0.4, -0.2) is 38.4 Å². The van der Waals surface area contributed by atoms with Gasteiger partial charge in [0.05, 0.1) is 18.4 Å². The number of rotatable bonds is 8. The Bertz CT molecular complexity index is 1270. The highest BCUT2D eigenvalue weighted by Gasteiger charge is 2.18. The number of hydrogen-bond donors (Lipinski definition) is 4. The largest absolute Gasteiger partial charge is 0.422 e. The molecule has 8 nitrogen and oxygen atoms in total. The minimum absolute atomic E-state index is 0.0873. The maximum absolute atomic E-state index is 14.9. The normalized spacial score (nSPS) is 12.8. The summed E-state index contributed by atoms with van der Waals surface area (Å²) in [7, 11) is -2.70. The van der Waals surface area contributed by atoms with Crippen molar-refractivity contribution in [3.8, 4) is 0 Å². The summed E-state index contributed by atoms with van der Waals surface area (Å²) >= 11 is 0. The third-order valence-electron chi connectivity index (χ3n) is 4.99. The van der Waals surface area contributed by atoms with Gasteiger partial charge in [0, 0.05) is 30.8 Å². The Labute approximate surface area is 178 Å². The van der Waals surface area contributed by atoms with Crippen LogP contribution in [0.15, 0.2) is 45.6 Å². The molecule has 0 aliphatic carbocycles. The molecule has 3 aromatic rings. The summed E-state index contributed by atoms with van der Waals surface area (Å²) in [5, 5.41) is 19.3. The first kappa shape index (κ1) is 22.9. The van der Waals surface area contributed by atoms with Crippen molar-refractivity contribution >= 4 is 26.9 Å². The fraction of sp³-hybridized carbons (Fsp3) is 0.286. The van der Waals surface area contributed by atoms with Gasteiger partial charge < -0.3 is 14.6 Å². The lowest BCUT2D eigenvalue weighted by Crippen LogP contribution is -2.27. The molecule has 0 saturated carbocycles. The van der Waals surface area contributed by atoms with Crippen molar-refractivity contribution in [2.45, 2.75) is 25.9 Å². The first-order valence-corrected chi connectivity index (χ1v) is 11.0. The first-order chi connectivity index (χ1) is 14.6. The van der Waals surface area contributed by atoms with E-state index in [1.807, 2.05) is 4.72 Å². The number of hydrogen-bond acceptors (Lipinski definition) is 6. The topological polar surface area (TPSA) is 129 Å². The Morgan fingerprint density at radius 2 is 1.97 bits per heavy atom. The van der Waals surface area contributed by atoms with E-state index in [1.54, 1.807) is 25.1 Å². The maximum atomic E-state index is 14.9. The molecule has 0 radical (unpaired) electrons. The lowest BCUT2D eigenvalue weighted by Gasteiger charge is -2.13. The predicted molar refractivity (Wildman–Crippen MR) is 115 cm³/mol. The lowest BCUT2D eigenvalue weighted by atomic mass is 9.97. The van der Waals surface area contributed by atoms with E-state index in [-0.39, 0.29) is 36.3 Å². The number of aliphatic hydroxyl groups is 2. The molecular formula is C21H23FN2O6S. The molecule has 0 amide bonds. The van der Waals surface area contributed by atoms with Gasteiger partial charge >= 0.3 is 5.63 Å². The molecule has 1 unspecified atom stereocenters. The van der Waals surface area contributed by atoms with Gasteiger partial charge in [-0.25, -0.2) is 13.9 Å². The monoisotopic (exact) mass is 450 g/mol. The third-order valence-corrected chi connectivity index (χ3v) is 6.02. The Balaban J connectivity index is 1.99. The molecule has 0 spiro atoms. The molecule has 0 aliphatic heterocycles. The van der Waals surface area contributed by atoms with Crippen molar-refractivity contribution in [2.75, 3.05) is 18.4 Å². The van der Waals surface area contributed by atoms with Crippen LogP contribution in [0.4, 0.5) is 10.1 Å². The summed E-state index contributed by atoms with van der Waals surface area (Å²) in [6.45, 7) is 1.34. The van der Waals surface area contributed by atoms with Gasteiger partial charge in [-0.05, 0) is 35.7 Å². The van der Waals surface area contributed by atoms with E-state index in [2.05, 4.69) is 4.72 Å². The van der Waals surface area contributed by atoms with Gasteiger partial charge in [0.1, 0.15) is 5.58 Å². The highest BCUT2D eigenvalue weighted by atomic mass is 32.2. The summed E-state index contributed by atoms with van der Waals surface area (Å²) in [5.74, 6) is -0.784. The second kappa shape index (κ2) is 9.15. The zero-order chi connectivity index (χ0) is 22.8. The Hall–Kier alpha value is -2.79. The average Bonchev–Trinajstić information content (AvgIpc) is 2.73. The number of benzene rings is 2. The molecule has 1 atom stereocenters. The van der Waals surface area contributed by atoms with Crippen LogP contribution in [0.3, 0.4) is 0 Å². The van der Waals surface area contributed by atoms with Crippen molar-refractivity contribution in [1.82, 2.24) is 4.72 Å². The van der Waals surface area contributed by atoms with E-state index in [0.29, 0.717) is 22.1 Å². The molecule has 4 N–H and O–H groups in total. The molecule has 0 bridgehead atoms. The minimum Gasteiger partial charge on any atom is -0.422 e. The van der Waals surface area contributed by atoms with Crippen LogP contribution in [0.25, 0.3) is 11.0 Å². The van der Waals surface area contributed by atoms with Crippen molar-refractivity contribution < 1.29 is 27.4 Å². The molecule has 3 rings (SSSR count). The molecule has 0 fully saturated rings. The second-order valence-corrected chi connectivity index (χ2v) is 8.75. The number of fused-ring (bicyclic) bond motifs is 1. The van der Waals surface area contributed by atoms with Gasteiger partial charge in [0.15, 0.2) is 5.82 Å². The van der Waals surface area contributed by atoms with Crippen molar-refractivity contribution in [3.63, 3.8) is 0 Å². The molecular weight excluding hydrogens is 427 g/mol. The van der Waals surface area contributed by atoms with E-state index in [9.17, 15) is 22.7 Å². The van der Waals surface area contributed by atoms with E-state index in [0.717, 1.165) is 0 Å². The SMILES string of the molecule is CNS(=O)(=O)Nc1cccc(Cc2c(C)c3ccc(CC(O)CO)cc3oc2=O)c1F. The highest BCUT2D eigenvalue weighted by molar-refractivity contribution is 7.90. The van der Waals surface area contributed by atoms with Gasteiger partial charge in [-0.15, -0.1) is 0 Å². The van der Waals surface area contributed by atoms with Gasteiger partial charge in [-0.3, -0.25) is 4.72 Å². The predicted octanol–water partition coefficient (Wildman–Crippen LogP) is 1.60. The van der Waals surface area contributed by atoms with E-state index in [4.69, 9.17) is 9.52 Å². The lowest BCUT2D eigenvalue weighted by molar-refractivity contribution is 0.0955. The standard InChI is InChI=1S/C21H23FN2O6S/c1-12-16-7-6-13(8-15(26)11-25)9-19(16)30-21(27)17(12)10-14-4-3-5-18(20(14)22)24-31(28,29)23-2/h3-7,9,15,23-26H,8,10-11H2,1-2H3. The quantitative estimate of drug-likeness (QED) is 0.386. The molecule has 1 heterocycles. The number of nitrogens with one attached hydrogen (secondary N) is 2. The van der Waals surface area contributed by atoms with Crippen LogP contribution >= 0.6 is 0 Å². The van der Waals surface area contributed by atoms with Gasteiger partial charge in [-0.2, -0.15) is 8.42 Å². The number of aryl methyl sites for hydroxylation is 1. The summed E-state index contributed by atoms with van der Waals surface area (Å²) in [5.41, 5.74) is 1.15. The Morgan fingerprint density at radius 1 is 1.23 bits per heavy atom. The zero-order valence-electron chi connectivity index (χ0n) is 17.0. The van der Waals surface area contributed by atoms with Crippen molar-refractivity contribution in [3.05, 3.63) is 74.9 Å². The van der Waals surface area contributed by atoms with Gasteiger partial charge in [-0.1, -0.05) is 24.3 Å². The summed E-state index contributed by atoms with van der Waals surface area (Å²) in [6.07, 6.45) is -0.798. The summed E-state index contributed by atoms with van der Waals surface area (Å²) in [4.78, 5) is 12.6. The first-order valence-electron chi connectivity index (χ1n) is 9.48. The summed E-state index contributed by atoms with van der Waals surface area (Å²) in [6, 6.07) is 9.36. The fourth-order valence-electron chi connectivity index (χ4n) is 3.29. The van der Waals surface area contributed by atoms with Crippen molar-refractivity contribution in [1.29, 1.82) is 0 Å². The van der Waals surface area contributed by atoms with Gasteiger partial charge in [0.25, 0.3) is 10.2 Å². The van der Waals surface area contributed by atoms with E-state index in [1.165, 1.54) is 25.2 Å². The highest BCUT2D eigenvalue weighted by Crippen LogP contribution is 2.25. The van der Waals surface area contributed by atoms with E-state index < -0.39 is 27.8 Å². The third kappa shape index (κ3) is 5.10. The zero-order valence-corrected chi connectivity index (χ0v) is 17.8. The minimum atomic E-state index is -3.90. The van der Waals surface area contributed by atoms with Crippen LogP contribution < -0.4 is 15.1 Å². The molecule has 166 valence electrons. The van der Waals surface area contributed by atoms with Crippen LogP contribution in [0.1, 0.15) is 22.3 Å². The molecule has 31 heavy (non-hydrogen) atoms. The number of aliphatic hydroxyl groups excluding tert-OH is 2. The Morgan fingerprint density at radius 3 is 2.65 bits per heavy atom. The van der Waals surface area contributed by atoms with Crippen LogP contribution in [-0.2, 0) is 23.1 Å². The maximum Gasteiger partial charge on any atom is 0.340 e. The molecule has 1 aromatic heterocycles. The van der Waals surface area contributed by atoms with Crippen molar-refractivity contribution in [2.24, 2.45) is 0 Å². The van der Waals surface area contributed by atoms with Crippen LogP contribution in [0.5, 0.6) is 0 Å². The molecule has 10 heteroatoms. The fourth-order valence-corrected chi connectivity index (χ4v) is 3.84. The Kier molecular flexibility index (Phi) is 6.75. The number of halogens is 1. The van der Waals surface area contributed by atoms with Crippen LogP contribution in [0.2, 0.25) is 0 Å². The molecule has 0 aliphatic rings. The average molecular weight is 450 g/mol. The number of anilines is 1. The van der Waals surface area contributed by atoms with Gasteiger partial charge in [0.2, 0.25) is 0 Å². The smallest absolute Gasteiger partial charge is 0.340 e. The molecule has 2 aromatic carbocycles. The summed E-state index contributed by atoms with van der Waals surface area (Å²) < 4.78 is 47.8.